The van der Waals surface area contributed by atoms with Gasteiger partial charge in [-0.15, -0.1) is 0 Å². The molecule has 2 aromatic rings. The van der Waals surface area contributed by atoms with E-state index in [0.29, 0.717) is 18.6 Å². The van der Waals surface area contributed by atoms with Crippen molar-refractivity contribution in [1.29, 1.82) is 0 Å². The average Bonchev–Trinajstić information content (AvgIpc) is 3.46. The zero-order chi connectivity index (χ0) is 29.5. The SMILES string of the molecule is COc1ccc(C[C@@H]2[C@H](OC(=O)NCCc3cc[nH]n3)[C@@H](OC(=O)OC(C)(C)C)CN2C(=O)OC(C)(C)C)cc1. The molecular weight excluding hydrogens is 520 g/mol. The van der Waals surface area contributed by atoms with Crippen LogP contribution in [-0.2, 0) is 31.8 Å². The molecule has 1 aromatic heterocycles. The number of carbonyl (C=O) groups excluding carboxylic acids is 3. The van der Waals surface area contributed by atoms with Gasteiger partial charge in [0.1, 0.15) is 17.0 Å². The topological polar surface area (TPSA) is 141 Å². The van der Waals surface area contributed by atoms with E-state index in [1.807, 2.05) is 12.1 Å². The first kappa shape index (κ1) is 30.6. The summed E-state index contributed by atoms with van der Waals surface area (Å²) in [5.41, 5.74) is 0.0557. The van der Waals surface area contributed by atoms with E-state index in [1.165, 1.54) is 4.90 Å². The Morgan fingerprint density at radius 3 is 2.25 bits per heavy atom. The smallest absolute Gasteiger partial charge is 0.497 e. The molecule has 12 heteroatoms. The van der Waals surface area contributed by atoms with Gasteiger partial charge in [-0.25, -0.2) is 14.4 Å². The summed E-state index contributed by atoms with van der Waals surface area (Å²) in [4.78, 5) is 40.3. The van der Waals surface area contributed by atoms with Crippen molar-refractivity contribution in [2.45, 2.75) is 83.8 Å². The fourth-order valence-electron chi connectivity index (χ4n) is 4.16. The minimum atomic E-state index is -1.01. The summed E-state index contributed by atoms with van der Waals surface area (Å²) in [5, 5.41) is 9.49. The molecule has 12 nitrogen and oxygen atoms in total. The lowest BCUT2D eigenvalue weighted by Crippen LogP contribution is -2.46. The number of likely N-dealkylation sites (tertiary alicyclic amines) is 1. The van der Waals surface area contributed by atoms with E-state index in [4.69, 9.17) is 23.7 Å². The van der Waals surface area contributed by atoms with Crippen LogP contribution in [0.2, 0.25) is 0 Å². The van der Waals surface area contributed by atoms with Gasteiger partial charge in [-0.05, 0) is 71.7 Å². The van der Waals surface area contributed by atoms with Crippen LogP contribution in [0.3, 0.4) is 0 Å². The number of H-pyrrole nitrogens is 1. The van der Waals surface area contributed by atoms with E-state index in [1.54, 1.807) is 73.0 Å². The first-order valence-electron chi connectivity index (χ1n) is 13.2. The first-order valence-corrected chi connectivity index (χ1v) is 13.2. The van der Waals surface area contributed by atoms with Crippen molar-refractivity contribution in [3.8, 4) is 5.75 Å². The molecule has 2 N–H and O–H groups in total. The number of aromatic nitrogens is 2. The lowest BCUT2D eigenvalue weighted by atomic mass is 10.0. The second-order valence-corrected chi connectivity index (χ2v) is 11.5. The number of alkyl carbamates (subject to hydrolysis) is 1. The third kappa shape index (κ3) is 9.35. The molecular formula is C28H40N4O8. The monoisotopic (exact) mass is 560 g/mol. The zero-order valence-corrected chi connectivity index (χ0v) is 24.2. The third-order valence-corrected chi connectivity index (χ3v) is 5.84. The summed E-state index contributed by atoms with van der Waals surface area (Å²) < 4.78 is 27.7. The van der Waals surface area contributed by atoms with E-state index in [0.717, 1.165) is 11.3 Å². The van der Waals surface area contributed by atoms with E-state index in [2.05, 4.69) is 15.5 Å². The lowest BCUT2D eigenvalue weighted by Gasteiger charge is -2.30. The highest BCUT2D eigenvalue weighted by Gasteiger charge is 2.50. The van der Waals surface area contributed by atoms with Crippen LogP contribution in [0.1, 0.15) is 52.8 Å². The Morgan fingerprint density at radius 1 is 1.00 bits per heavy atom. The minimum absolute atomic E-state index is 0.0554. The van der Waals surface area contributed by atoms with Gasteiger partial charge in [0.15, 0.2) is 12.2 Å². The molecule has 220 valence electrons. The van der Waals surface area contributed by atoms with Gasteiger partial charge in [0.2, 0.25) is 0 Å². The highest BCUT2D eigenvalue weighted by molar-refractivity contribution is 5.71. The first-order chi connectivity index (χ1) is 18.7. The Balaban J connectivity index is 1.86. The minimum Gasteiger partial charge on any atom is -0.497 e. The van der Waals surface area contributed by atoms with Crippen molar-refractivity contribution in [3.05, 3.63) is 47.8 Å². The standard InChI is InChI=1S/C28H40N4O8/c1-27(2,3)39-25(34)32-17-22(37-26(35)40-28(4,5)6)23(21(32)16-18-8-10-20(36-7)11-9-18)38-24(33)29-14-12-19-13-15-30-31-19/h8-11,13,15,21-23H,12,14,16-17H2,1-7H3,(H,29,33)(H,30,31)/t21-,22+,23+/m1/s1. The van der Waals surface area contributed by atoms with Gasteiger partial charge < -0.3 is 29.0 Å². The van der Waals surface area contributed by atoms with Crippen LogP contribution in [0, 0.1) is 0 Å². The Kier molecular flexibility index (Phi) is 9.88. The van der Waals surface area contributed by atoms with Crippen LogP contribution in [0.15, 0.2) is 36.5 Å². The number of nitrogens with one attached hydrogen (secondary N) is 2. The van der Waals surface area contributed by atoms with E-state index in [9.17, 15) is 14.4 Å². The van der Waals surface area contributed by atoms with Crippen LogP contribution in [0.25, 0.3) is 0 Å². The Labute approximate surface area is 234 Å². The number of nitrogens with zero attached hydrogens (tertiary/aromatic N) is 2. The molecule has 0 bridgehead atoms. The van der Waals surface area contributed by atoms with Gasteiger partial charge in [-0.1, -0.05) is 12.1 Å². The van der Waals surface area contributed by atoms with Crippen molar-refractivity contribution >= 4 is 18.3 Å². The number of carbonyl (C=O) groups is 3. The molecule has 1 aromatic carbocycles. The highest BCUT2D eigenvalue weighted by Crippen LogP contribution is 2.30. The maximum atomic E-state index is 13.3. The zero-order valence-electron chi connectivity index (χ0n) is 24.2. The van der Waals surface area contributed by atoms with Gasteiger partial charge in [-0.2, -0.15) is 5.10 Å². The van der Waals surface area contributed by atoms with Crippen molar-refractivity contribution in [2.24, 2.45) is 0 Å². The normalized spacial score (nSPS) is 19.1. The van der Waals surface area contributed by atoms with Crippen LogP contribution in [0.4, 0.5) is 14.4 Å². The molecule has 0 spiro atoms. The molecule has 0 saturated carbocycles. The number of amides is 2. The summed E-state index contributed by atoms with van der Waals surface area (Å²) in [6, 6.07) is 8.42. The molecule has 2 amide bonds. The van der Waals surface area contributed by atoms with Crippen LogP contribution in [0.5, 0.6) is 5.75 Å². The van der Waals surface area contributed by atoms with Crippen molar-refractivity contribution in [1.82, 2.24) is 20.4 Å². The summed E-state index contributed by atoms with van der Waals surface area (Å²) >= 11 is 0. The second kappa shape index (κ2) is 12.9. The predicted molar refractivity (Wildman–Crippen MR) is 145 cm³/mol. The number of hydrogen-bond donors (Lipinski definition) is 2. The van der Waals surface area contributed by atoms with Gasteiger partial charge in [0.05, 0.1) is 25.4 Å². The van der Waals surface area contributed by atoms with Gasteiger partial charge in [0.25, 0.3) is 0 Å². The third-order valence-electron chi connectivity index (χ3n) is 5.84. The Morgan fingerprint density at radius 2 is 1.68 bits per heavy atom. The van der Waals surface area contributed by atoms with Gasteiger partial charge in [-0.3, -0.25) is 10.00 Å². The van der Waals surface area contributed by atoms with Gasteiger partial charge >= 0.3 is 18.3 Å². The summed E-state index contributed by atoms with van der Waals surface area (Å²) in [7, 11) is 1.57. The molecule has 0 unspecified atom stereocenters. The molecule has 2 heterocycles. The fraction of sp³-hybridized carbons (Fsp3) is 0.571. The average molecular weight is 561 g/mol. The summed E-state index contributed by atoms with van der Waals surface area (Å²) in [5.74, 6) is 0.675. The number of rotatable bonds is 8. The van der Waals surface area contributed by atoms with Crippen LogP contribution < -0.4 is 10.1 Å². The number of benzene rings is 1. The Bertz CT molecular complexity index is 1120. The largest absolute Gasteiger partial charge is 0.509 e. The van der Waals surface area contributed by atoms with Gasteiger partial charge in [0, 0.05) is 19.2 Å². The molecule has 1 fully saturated rings. The fourth-order valence-corrected chi connectivity index (χ4v) is 4.16. The molecule has 3 atom stereocenters. The summed E-state index contributed by atoms with van der Waals surface area (Å²) in [6.45, 7) is 10.6. The van der Waals surface area contributed by atoms with Crippen molar-refractivity contribution in [2.75, 3.05) is 20.2 Å². The maximum absolute atomic E-state index is 13.3. The highest BCUT2D eigenvalue weighted by atomic mass is 16.7. The quantitative estimate of drug-likeness (QED) is 0.358. The number of aromatic amines is 1. The molecule has 1 aliphatic heterocycles. The molecule has 0 radical (unpaired) electrons. The maximum Gasteiger partial charge on any atom is 0.509 e. The van der Waals surface area contributed by atoms with Crippen LogP contribution >= 0.6 is 0 Å². The van der Waals surface area contributed by atoms with E-state index < -0.39 is 47.8 Å². The van der Waals surface area contributed by atoms with E-state index >= 15 is 0 Å². The summed E-state index contributed by atoms with van der Waals surface area (Å²) in [6.07, 6.45) is -1.80. The van der Waals surface area contributed by atoms with Crippen molar-refractivity contribution < 1.29 is 38.1 Å². The van der Waals surface area contributed by atoms with Crippen LogP contribution in [-0.4, -0.2) is 83.1 Å². The Hall–Kier alpha value is -3.96. The molecule has 3 rings (SSSR count). The second-order valence-electron chi connectivity index (χ2n) is 11.5. The molecule has 1 saturated heterocycles. The van der Waals surface area contributed by atoms with Crippen molar-refractivity contribution in [3.63, 3.8) is 0 Å². The number of hydrogen-bond acceptors (Lipinski definition) is 9. The lowest BCUT2D eigenvalue weighted by molar-refractivity contribution is -0.0517. The predicted octanol–water partition coefficient (Wildman–Crippen LogP) is 4.24. The number of ether oxygens (including phenoxy) is 5. The number of methoxy groups -OCH3 is 1. The molecule has 40 heavy (non-hydrogen) atoms. The molecule has 1 aliphatic rings. The van der Waals surface area contributed by atoms with E-state index in [-0.39, 0.29) is 13.1 Å². The molecule has 0 aliphatic carbocycles.